The molecular weight excluding hydrogens is 197 g/mol. The fourth-order valence-electron chi connectivity index (χ4n) is 1.16. The van der Waals surface area contributed by atoms with Gasteiger partial charge in [-0.1, -0.05) is 6.07 Å². The summed E-state index contributed by atoms with van der Waals surface area (Å²) in [5, 5.41) is 10.9. The number of hydrogen-bond donors (Lipinski definition) is 1. The SMILES string of the molecule is Cn1ncc(CNc2cccc(F)n2)n1. The summed E-state index contributed by atoms with van der Waals surface area (Å²) in [6.07, 6.45) is 1.65. The van der Waals surface area contributed by atoms with E-state index >= 15 is 0 Å². The van der Waals surface area contributed by atoms with E-state index in [2.05, 4.69) is 20.5 Å². The summed E-state index contributed by atoms with van der Waals surface area (Å²) in [5.74, 6) is -0.0141. The van der Waals surface area contributed by atoms with Crippen molar-refractivity contribution in [3.05, 3.63) is 36.0 Å². The van der Waals surface area contributed by atoms with Gasteiger partial charge in [0.1, 0.15) is 11.5 Å². The Bertz CT molecular complexity index is 453. The number of anilines is 1. The van der Waals surface area contributed by atoms with Crippen LogP contribution < -0.4 is 5.32 Å². The van der Waals surface area contributed by atoms with Gasteiger partial charge in [-0.2, -0.15) is 19.4 Å². The topological polar surface area (TPSA) is 55.6 Å². The van der Waals surface area contributed by atoms with Gasteiger partial charge in [-0.3, -0.25) is 0 Å². The maximum Gasteiger partial charge on any atom is 0.214 e. The van der Waals surface area contributed by atoms with Gasteiger partial charge >= 0.3 is 0 Å². The lowest BCUT2D eigenvalue weighted by molar-refractivity contribution is 0.585. The maximum absolute atomic E-state index is 12.7. The van der Waals surface area contributed by atoms with E-state index in [1.165, 1.54) is 10.9 Å². The first kappa shape index (κ1) is 9.57. The van der Waals surface area contributed by atoms with Gasteiger partial charge < -0.3 is 5.32 Å². The molecule has 2 aromatic heterocycles. The van der Waals surface area contributed by atoms with Crippen LogP contribution in [0.3, 0.4) is 0 Å². The van der Waals surface area contributed by atoms with Gasteiger partial charge in [0.05, 0.1) is 12.7 Å². The highest BCUT2D eigenvalue weighted by molar-refractivity contribution is 5.33. The Morgan fingerprint density at radius 1 is 1.47 bits per heavy atom. The third-order valence-corrected chi connectivity index (χ3v) is 1.81. The van der Waals surface area contributed by atoms with Crippen molar-refractivity contribution < 1.29 is 4.39 Å². The van der Waals surface area contributed by atoms with Crippen LogP contribution in [0.4, 0.5) is 10.2 Å². The Hall–Kier alpha value is -1.98. The van der Waals surface area contributed by atoms with Gasteiger partial charge in [-0.15, -0.1) is 0 Å². The Morgan fingerprint density at radius 2 is 2.33 bits per heavy atom. The molecule has 5 nitrogen and oxygen atoms in total. The molecule has 1 N–H and O–H groups in total. The second kappa shape index (κ2) is 4.04. The molecule has 0 aliphatic rings. The third kappa shape index (κ3) is 2.49. The van der Waals surface area contributed by atoms with Crippen molar-refractivity contribution in [3.63, 3.8) is 0 Å². The van der Waals surface area contributed by atoms with Crippen molar-refractivity contribution in [2.75, 3.05) is 5.32 Å². The summed E-state index contributed by atoms with van der Waals surface area (Å²) in [5.41, 5.74) is 0.781. The molecule has 0 aromatic carbocycles. The average molecular weight is 207 g/mol. The van der Waals surface area contributed by atoms with E-state index < -0.39 is 5.95 Å². The van der Waals surface area contributed by atoms with Crippen LogP contribution >= 0.6 is 0 Å². The van der Waals surface area contributed by atoms with Crippen LogP contribution in [0.15, 0.2) is 24.4 Å². The molecule has 0 radical (unpaired) electrons. The lowest BCUT2D eigenvalue weighted by atomic mass is 10.4. The minimum Gasteiger partial charge on any atom is -0.364 e. The van der Waals surface area contributed by atoms with E-state index in [1.807, 2.05) is 0 Å². The number of hydrogen-bond acceptors (Lipinski definition) is 4. The molecule has 2 heterocycles. The highest BCUT2D eigenvalue weighted by Gasteiger charge is 1.99. The number of halogens is 1. The highest BCUT2D eigenvalue weighted by atomic mass is 19.1. The predicted octanol–water partition coefficient (Wildman–Crippen LogP) is 0.961. The van der Waals surface area contributed by atoms with Crippen molar-refractivity contribution in [2.24, 2.45) is 7.05 Å². The van der Waals surface area contributed by atoms with Gasteiger partial charge in [-0.05, 0) is 12.1 Å². The number of aryl methyl sites for hydroxylation is 1. The molecule has 0 amide bonds. The van der Waals surface area contributed by atoms with Crippen LogP contribution in [-0.4, -0.2) is 20.0 Å². The fraction of sp³-hybridized carbons (Fsp3) is 0.222. The van der Waals surface area contributed by atoms with Crippen LogP contribution in [0.1, 0.15) is 5.69 Å². The molecule has 78 valence electrons. The molecule has 0 saturated heterocycles. The van der Waals surface area contributed by atoms with E-state index in [4.69, 9.17) is 0 Å². The van der Waals surface area contributed by atoms with E-state index in [9.17, 15) is 4.39 Å². The highest BCUT2D eigenvalue weighted by Crippen LogP contribution is 2.04. The van der Waals surface area contributed by atoms with Crippen molar-refractivity contribution in [1.82, 2.24) is 20.0 Å². The monoisotopic (exact) mass is 207 g/mol. The summed E-state index contributed by atoms with van der Waals surface area (Å²) in [4.78, 5) is 5.13. The number of aromatic nitrogens is 4. The molecule has 2 aromatic rings. The lowest BCUT2D eigenvalue weighted by Gasteiger charge is -2.01. The first-order valence-corrected chi connectivity index (χ1v) is 4.46. The molecule has 0 bridgehead atoms. The van der Waals surface area contributed by atoms with Crippen molar-refractivity contribution in [3.8, 4) is 0 Å². The van der Waals surface area contributed by atoms with Crippen molar-refractivity contribution in [1.29, 1.82) is 0 Å². The van der Waals surface area contributed by atoms with Gasteiger partial charge in [0, 0.05) is 7.05 Å². The van der Waals surface area contributed by atoms with E-state index in [0.29, 0.717) is 12.4 Å². The summed E-state index contributed by atoms with van der Waals surface area (Å²) in [7, 11) is 1.74. The van der Waals surface area contributed by atoms with Crippen LogP contribution in [0, 0.1) is 5.95 Å². The molecular formula is C9H10FN5. The second-order valence-electron chi connectivity index (χ2n) is 3.02. The third-order valence-electron chi connectivity index (χ3n) is 1.81. The van der Waals surface area contributed by atoms with Gasteiger partial charge in [0.25, 0.3) is 0 Å². The van der Waals surface area contributed by atoms with Crippen LogP contribution in [0.5, 0.6) is 0 Å². The van der Waals surface area contributed by atoms with Gasteiger partial charge in [0.15, 0.2) is 0 Å². The molecule has 0 aliphatic heterocycles. The zero-order chi connectivity index (χ0) is 10.7. The Balaban J connectivity index is 1.99. The molecule has 0 aliphatic carbocycles. The predicted molar refractivity (Wildman–Crippen MR) is 52.5 cm³/mol. The summed E-state index contributed by atoms with van der Waals surface area (Å²) < 4.78 is 12.7. The maximum atomic E-state index is 12.7. The minimum atomic E-state index is -0.501. The first-order chi connectivity index (χ1) is 7.24. The van der Waals surface area contributed by atoms with Gasteiger partial charge in [0.2, 0.25) is 5.95 Å². The Labute approximate surface area is 85.9 Å². The number of pyridine rings is 1. The Kier molecular flexibility index (Phi) is 2.57. The number of rotatable bonds is 3. The molecule has 0 saturated carbocycles. The largest absolute Gasteiger partial charge is 0.364 e. The van der Waals surface area contributed by atoms with Gasteiger partial charge in [-0.25, -0.2) is 4.98 Å². The molecule has 0 fully saturated rings. The van der Waals surface area contributed by atoms with Crippen molar-refractivity contribution >= 4 is 5.82 Å². The second-order valence-corrected chi connectivity index (χ2v) is 3.02. The summed E-state index contributed by atoms with van der Waals surface area (Å²) in [6, 6.07) is 4.59. The van der Waals surface area contributed by atoms with Crippen LogP contribution in [-0.2, 0) is 13.6 Å². The summed E-state index contributed by atoms with van der Waals surface area (Å²) >= 11 is 0. The molecule has 0 spiro atoms. The number of nitrogens with zero attached hydrogens (tertiary/aromatic N) is 4. The Morgan fingerprint density at radius 3 is 3.00 bits per heavy atom. The first-order valence-electron chi connectivity index (χ1n) is 4.46. The van der Waals surface area contributed by atoms with Crippen molar-refractivity contribution in [2.45, 2.75) is 6.54 Å². The smallest absolute Gasteiger partial charge is 0.214 e. The number of nitrogens with one attached hydrogen (secondary N) is 1. The normalized spacial score (nSPS) is 10.3. The lowest BCUT2D eigenvalue weighted by Crippen LogP contribution is -2.03. The molecule has 6 heteroatoms. The standard InChI is InChI=1S/C9H10FN5/c1-15-12-6-7(14-15)5-11-9-4-2-3-8(10)13-9/h2-4,6H,5H2,1H3,(H,11,13). The van der Waals surface area contributed by atoms with E-state index in [1.54, 1.807) is 25.4 Å². The molecule has 2 rings (SSSR count). The molecule has 15 heavy (non-hydrogen) atoms. The summed E-state index contributed by atoms with van der Waals surface area (Å²) in [6.45, 7) is 0.476. The van der Waals surface area contributed by atoms with Crippen LogP contribution in [0.2, 0.25) is 0 Å². The van der Waals surface area contributed by atoms with E-state index in [-0.39, 0.29) is 0 Å². The average Bonchev–Trinajstić information content (AvgIpc) is 2.62. The van der Waals surface area contributed by atoms with Crippen LogP contribution in [0.25, 0.3) is 0 Å². The molecule has 0 unspecified atom stereocenters. The zero-order valence-electron chi connectivity index (χ0n) is 8.18. The zero-order valence-corrected chi connectivity index (χ0v) is 8.18. The minimum absolute atomic E-state index is 0.476. The quantitative estimate of drug-likeness (QED) is 0.762. The molecule has 0 atom stereocenters. The fourth-order valence-corrected chi connectivity index (χ4v) is 1.16. The van der Waals surface area contributed by atoms with E-state index in [0.717, 1.165) is 5.69 Å².